The van der Waals surface area contributed by atoms with E-state index in [1.54, 1.807) is 0 Å². The van der Waals surface area contributed by atoms with Crippen LogP contribution in [0, 0.1) is 10.1 Å². The molecule has 0 radical (unpaired) electrons. The van der Waals surface area contributed by atoms with Crippen LogP contribution in [0.15, 0.2) is 47.4 Å². The van der Waals surface area contributed by atoms with Crippen LogP contribution in [0.5, 0.6) is 0 Å². The Hall–Kier alpha value is -2.69. The highest BCUT2D eigenvalue weighted by Crippen LogP contribution is 2.16. The van der Waals surface area contributed by atoms with E-state index in [9.17, 15) is 23.3 Å². The van der Waals surface area contributed by atoms with Gasteiger partial charge in [0.2, 0.25) is 10.0 Å². The van der Waals surface area contributed by atoms with E-state index >= 15 is 0 Å². The summed E-state index contributed by atoms with van der Waals surface area (Å²) in [7, 11) is -2.37. The number of aryl methyl sites for hydroxylation is 1. The van der Waals surface area contributed by atoms with Gasteiger partial charge in [-0.1, -0.05) is 29.8 Å². The quantitative estimate of drug-likeness (QED) is 0.287. The van der Waals surface area contributed by atoms with Crippen molar-refractivity contribution in [3.63, 3.8) is 0 Å². The number of halogens is 1. The van der Waals surface area contributed by atoms with Crippen molar-refractivity contribution in [2.24, 2.45) is 0 Å². The van der Waals surface area contributed by atoms with Crippen molar-refractivity contribution in [1.82, 2.24) is 4.72 Å². The Balaban J connectivity index is 2.06. The molecule has 0 fully saturated rings. The van der Waals surface area contributed by atoms with Gasteiger partial charge in [0.05, 0.1) is 12.0 Å². The van der Waals surface area contributed by atoms with E-state index in [-0.39, 0.29) is 30.4 Å². The van der Waals surface area contributed by atoms with Crippen LogP contribution in [-0.2, 0) is 43.7 Å². The molecule has 0 saturated heterocycles. The van der Waals surface area contributed by atoms with E-state index in [0.717, 1.165) is 16.7 Å². The Morgan fingerprint density at radius 3 is 2.23 bits per heavy atom. The Morgan fingerprint density at radius 2 is 1.65 bits per heavy atom. The van der Waals surface area contributed by atoms with Crippen LogP contribution in [0.25, 0.3) is 0 Å². The number of hydrogen-bond acceptors (Lipinski definition) is 7. The summed E-state index contributed by atoms with van der Waals surface area (Å²) in [5.41, 5.74) is 2.47. The topological polar surface area (TPSA) is 125 Å². The minimum absolute atomic E-state index is 0.101. The van der Waals surface area contributed by atoms with Gasteiger partial charge in [0, 0.05) is 18.0 Å². The summed E-state index contributed by atoms with van der Waals surface area (Å²) in [6.45, 7) is 0.0480. The van der Waals surface area contributed by atoms with Crippen molar-refractivity contribution in [2.75, 3.05) is 20.3 Å². The molecule has 0 aromatic heterocycles. The fourth-order valence-electron chi connectivity index (χ4n) is 2.89. The van der Waals surface area contributed by atoms with Gasteiger partial charge < -0.3 is 9.57 Å². The molecule has 9 nitrogen and oxygen atoms in total. The molecular formula is C20H23ClN2O7S. The molecule has 31 heavy (non-hydrogen) atoms. The summed E-state index contributed by atoms with van der Waals surface area (Å²) >= 11 is 5.79. The molecule has 0 heterocycles. The zero-order chi connectivity index (χ0) is 22.9. The van der Waals surface area contributed by atoms with E-state index in [4.69, 9.17) is 11.6 Å². The third-order valence-corrected chi connectivity index (χ3v) is 6.10. The normalized spacial score (nSPS) is 11.2. The van der Waals surface area contributed by atoms with Crippen LogP contribution >= 0.6 is 11.6 Å². The van der Waals surface area contributed by atoms with Gasteiger partial charge in [0.1, 0.15) is 6.61 Å². The number of esters is 1. The number of benzene rings is 2. The van der Waals surface area contributed by atoms with Gasteiger partial charge in [0.15, 0.2) is 0 Å². The minimum Gasteiger partial charge on any atom is -0.469 e. The maximum absolute atomic E-state index is 12.4. The highest BCUT2D eigenvalue weighted by Gasteiger charge is 2.13. The van der Waals surface area contributed by atoms with Crippen LogP contribution in [0.4, 0.5) is 0 Å². The van der Waals surface area contributed by atoms with Gasteiger partial charge >= 0.3 is 5.97 Å². The van der Waals surface area contributed by atoms with Crippen LogP contribution in [0.1, 0.15) is 23.1 Å². The predicted octanol–water partition coefficient (Wildman–Crippen LogP) is 2.72. The molecular weight excluding hydrogens is 448 g/mol. The van der Waals surface area contributed by atoms with Crippen molar-refractivity contribution in [2.45, 2.75) is 30.6 Å². The summed E-state index contributed by atoms with van der Waals surface area (Å²) in [4.78, 5) is 26.3. The smallest absolute Gasteiger partial charge is 0.305 e. The Morgan fingerprint density at radius 1 is 1.06 bits per heavy atom. The molecule has 0 spiro atoms. The van der Waals surface area contributed by atoms with Crippen LogP contribution in [0.3, 0.4) is 0 Å². The molecule has 0 saturated carbocycles. The molecule has 2 aromatic carbocycles. The SMILES string of the molecule is COC(=O)CCc1cc(CCNS(=O)(=O)c2ccc(Cl)cc2)cc(CCO[N+](=O)[O-])c1. The molecule has 2 aromatic rings. The molecule has 0 aliphatic carbocycles. The van der Waals surface area contributed by atoms with Crippen LogP contribution in [0.2, 0.25) is 5.02 Å². The average Bonchev–Trinajstić information content (AvgIpc) is 2.72. The van der Waals surface area contributed by atoms with Crippen molar-refractivity contribution in [3.8, 4) is 0 Å². The predicted molar refractivity (Wildman–Crippen MR) is 114 cm³/mol. The first-order chi connectivity index (χ1) is 14.7. The number of carbonyl (C=O) groups is 1. The zero-order valence-corrected chi connectivity index (χ0v) is 18.4. The molecule has 0 aliphatic rings. The second kappa shape index (κ2) is 11.6. The van der Waals surface area contributed by atoms with Gasteiger partial charge in [-0.05, 0) is 60.2 Å². The number of sulfonamides is 1. The van der Waals surface area contributed by atoms with E-state index < -0.39 is 15.1 Å². The Kier molecular flexibility index (Phi) is 9.22. The van der Waals surface area contributed by atoms with Crippen molar-refractivity contribution in [1.29, 1.82) is 0 Å². The first kappa shape index (κ1) is 24.6. The summed E-state index contributed by atoms with van der Waals surface area (Å²) in [6, 6.07) is 11.4. The minimum atomic E-state index is -3.68. The van der Waals surface area contributed by atoms with Crippen LogP contribution in [-0.4, -0.2) is 39.7 Å². The first-order valence-electron chi connectivity index (χ1n) is 9.40. The first-order valence-corrected chi connectivity index (χ1v) is 11.3. The second-order valence-electron chi connectivity index (χ2n) is 6.64. The lowest BCUT2D eigenvalue weighted by atomic mass is 9.99. The molecule has 0 bridgehead atoms. The average molecular weight is 471 g/mol. The molecule has 0 unspecified atom stereocenters. The van der Waals surface area contributed by atoms with Crippen molar-refractivity contribution < 1.29 is 27.9 Å². The Labute approximate surface area is 185 Å². The maximum Gasteiger partial charge on any atom is 0.305 e. The third-order valence-electron chi connectivity index (χ3n) is 4.37. The van der Waals surface area contributed by atoms with E-state index in [1.807, 2.05) is 18.2 Å². The number of rotatable bonds is 12. The largest absolute Gasteiger partial charge is 0.469 e. The number of carbonyl (C=O) groups excluding carboxylic acids is 1. The lowest BCUT2D eigenvalue weighted by Gasteiger charge is -2.11. The van der Waals surface area contributed by atoms with Gasteiger partial charge in [0.25, 0.3) is 5.09 Å². The van der Waals surface area contributed by atoms with Crippen molar-refractivity contribution >= 4 is 27.6 Å². The lowest BCUT2D eigenvalue weighted by Crippen LogP contribution is -2.26. The fourth-order valence-corrected chi connectivity index (χ4v) is 4.04. The van der Waals surface area contributed by atoms with Crippen molar-refractivity contribution in [3.05, 3.63) is 74.3 Å². The summed E-state index contributed by atoms with van der Waals surface area (Å²) in [5.74, 6) is -0.348. The highest BCUT2D eigenvalue weighted by atomic mass is 35.5. The standard InChI is InChI=1S/C20H23ClN2O7S/c1-29-20(24)7-2-15-12-16(14-17(13-15)9-11-30-23(25)26)8-10-22-31(27,28)19-5-3-18(21)4-6-19/h3-6,12-14,22H,2,7-11H2,1H3. The molecule has 168 valence electrons. The van der Waals surface area contributed by atoms with Gasteiger partial charge in [-0.2, -0.15) is 0 Å². The zero-order valence-electron chi connectivity index (χ0n) is 16.9. The maximum atomic E-state index is 12.4. The van der Waals surface area contributed by atoms with Gasteiger partial charge in [-0.15, -0.1) is 10.1 Å². The number of nitrogens with one attached hydrogen (secondary N) is 1. The second-order valence-corrected chi connectivity index (χ2v) is 8.85. The highest BCUT2D eigenvalue weighted by molar-refractivity contribution is 7.89. The molecule has 0 aliphatic heterocycles. The monoisotopic (exact) mass is 470 g/mol. The number of ether oxygens (including phenoxy) is 1. The molecule has 0 amide bonds. The molecule has 1 N–H and O–H groups in total. The fraction of sp³-hybridized carbons (Fsp3) is 0.350. The van der Waals surface area contributed by atoms with Gasteiger partial charge in [-0.25, -0.2) is 13.1 Å². The summed E-state index contributed by atoms with van der Waals surface area (Å²) < 4.78 is 32.0. The Bertz CT molecular complexity index is 1010. The van der Waals surface area contributed by atoms with Crippen LogP contribution < -0.4 is 4.72 Å². The van der Waals surface area contributed by atoms with E-state index in [1.165, 1.54) is 31.4 Å². The molecule has 2 rings (SSSR count). The van der Waals surface area contributed by atoms with Gasteiger partial charge in [-0.3, -0.25) is 4.79 Å². The van der Waals surface area contributed by atoms with E-state index in [0.29, 0.717) is 24.3 Å². The summed E-state index contributed by atoms with van der Waals surface area (Å²) in [5, 5.41) is 9.95. The lowest BCUT2D eigenvalue weighted by molar-refractivity contribution is -0.757. The summed E-state index contributed by atoms with van der Waals surface area (Å²) in [6.07, 6.45) is 1.31. The molecule has 0 atom stereocenters. The number of methoxy groups -OCH3 is 1. The number of nitrogens with zero attached hydrogens (tertiary/aromatic N) is 1. The van der Waals surface area contributed by atoms with E-state index in [2.05, 4.69) is 14.3 Å². The molecule has 11 heteroatoms. The third kappa shape index (κ3) is 8.52. The number of hydrogen-bond donors (Lipinski definition) is 1.